The van der Waals surface area contributed by atoms with Gasteiger partial charge in [0.2, 0.25) is 11.8 Å². The summed E-state index contributed by atoms with van der Waals surface area (Å²) in [7, 11) is 0. The minimum absolute atomic E-state index is 0.241. The molecule has 0 saturated heterocycles. The van der Waals surface area contributed by atoms with E-state index in [2.05, 4.69) is 15.3 Å². The van der Waals surface area contributed by atoms with Crippen LogP contribution in [0.1, 0.15) is 5.76 Å². The molecule has 3 aromatic heterocycles. The maximum absolute atomic E-state index is 11.9. The van der Waals surface area contributed by atoms with Gasteiger partial charge in [-0.1, -0.05) is 0 Å². The monoisotopic (exact) mass is 331 g/mol. The van der Waals surface area contributed by atoms with Gasteiger partial charge < -0.3 is 14.2 Å². The van der Waals surface area contributed by atoms with Crippen molar-refractivity contribution in [2.24, 2.45) is 0 Å². The second kappa shape index (κ2) is 6.45. The molecule has 0 radical (unpaired) electrons. The number of hydrogen-bond donors (Lipinski definition) is 1. The number of anilines is 1. The summed E-state index contributed by atoms with van der Waals surface area (Å²) in [6.45, 7) is 0. The van der Waals surface area contributed by atoms with Gasteiger partial charge in [-0.05, 0) is 54.6 Å². The van der Waals surface area contributed by atoms with Crippen LogP contribution < -0.4 is 5.32 Å². The van der Waals surface area contributed by atoms with Gasteiger partial charge in [0, 0.05) is 23.5 Å². The van der Waals surface area contributed by atoms with Crippen LogP contribution in [-0.4, -0.2) is 15.9 Å². The Morgan fingerprint density at radius 3 is 2.72 bits per heavy atom. The number of fused-ring (bicyclic) bond motifs is 1. The fourth-order valence-electron chi connectivity index (χ4n) is 2.32. The number of rotatable bonds is 4. The molecule has 0 aliphatic carbocycles. The zero-order chi connectivity index (χ0) is 17.1. The lowest BCUT2D eigenvalue weighted by atomic mass is 10.2. The summed E-state index contributed by atoms with van der Waals surface area (Å²) in [6.07, 6.45) is 6.25. The predicted octanol–water partition coefficient (Wildman–Crippen LogP) is 4.13. The van der Waals surface area contributed by atoms with Gasteiger partial charge >= 0.3 is 0 Å². The van der Waals surface area contributed by atoms with E-state index in [-0.39, 0.29) is 5.91 Å². The van der Waals surface area contributed by atoms with Gasteiger partial charge in [0.1, 0.15) is 5.76 Å². The molecule has 0 bridgehead atoms. The second-order valence-electron chi connectivity index (χ2n) is 5.26. The Bertz CT molecular complexity index is 998. The van der Waals surface area contributed by atoms with Crippen LogP contribution in [0.3, 0.4) is 0 Å². The molecule has 25 heavy (non-hydrogen) atoms. The van der Waals surface area contributed by atoms with Gasteiger partial charge in [-0.15, -0.1) is 0 Å². The molecule has 0 atom stereocenters. The maximum Gasteiger partial charge on any atom is 0.248 e. The molecule has 0 aliphatic heterocycles. The fourth-order valence-corrected chi connectivity index (χ4v) is 2.32. The first-order valence-corrected chi connectivity index (χ1v) is 7.62. The third-order valence-electron chi connectivity index (χ3n) is 3.51. The SMILES string of the molecule is O=C(/C=C\c1ccco1)Nc1ccc(-c2nc3ncccc3o2)cc1. The van der Waals surface area contributed by atoms with Crippen molar-refractivity contribution in [2.75, 3.05) is 5.32 Å². The van der Waals surface area contributed by atoms with Gasteiger partial charge in [0.15, 0.2) is 11.2 Å². The summed E-state index contributed by atoms with van der Waals surface area (Å²) in [6, 6.07) is 14.4. The van der Waals surface area contributed by atoms with Crippen LogP contribution in [0.15, 0.2) is 75.9 Å². The Morgan fingerprint density at radius 1 is 1.08 bits per heavy atom. The number of hydrogen-bond acceptors (Lipinski definition) is 5. The van der Waals surface area contributed by atoms with Crippen molar-refractivity contribution in [2.45, 2.75) is 0 Å². The molecule has 3 heterocycles. The first kappa shape index (κ1) is 14.9. The summed E-state index contributed by atoms with van der Waals surface area (Å²) < 4.78 is 10.8. The maximum atomic E-state index is 11.9. The number of nitrogens with zero attached hydrogens (tertiary/aromatic N) is 2. The number of oxazole rings is 1. The van der Waals surface area contributed by atoms with Crippen molar-refractivity contribution in [3.05, 3.63) is 72.8 Å². The number of pyridine rings is 1. The smallest absolute Gasteiger partial charge is 0.248 e. The number of carbonyl (C=O) groups excluding carboxylic acids is 1. The minimum atomic E-state index is -0.241. The highest BCUT2D eigenvalue weighted by Crippen LogP contribution is 2.24. The van der Waals surface area contributed by atoms with E-state index in [1.54, 1.807) is 48.9 Å². The van der Waals surface area contributed by atoms with Gasteiger partial charge in [0.25, 0.3) is 0 Å². The molecule has 0 fully saturated rings. The zero-order valence-electron chi connectivity index (χ0n) is 13.0. The molecule has 0 aliphatic rings. The lowest BCUT2D eigenvalue weighted by Gasteiger charge is -2.02. The van der Waals surface area contributed by atoms with E-state index >= 15 is 0 Å². The van der Waals surface area contributed by atoms with E-state index in [9.17, 15) is 4.79 Å². The Labute approximate surface area is 142 Å². The molecule has 4 rings (SSSR count). The number of aromatic nitrogens is 2. The average molecular weight is 331 g/mol. The molecule has 1 amide bonds. The van der Waals surface area contributed by atoms with Crippen LogP contribution >= 0.6 is 0 Å². The molecular weight excluding hydrogens is 318 g/mol. The number of nitrogens with one attached hydrogen (secondary N) is 1. The fraction of sp³-hybridized carbons (Fsp3) is 0. The predicted molar refractivity (Wildman–Crippen MR) is 93.6 cm³/mol. The highest BCUT2D eigenvalue weighted by Gasteiger charge is 2.08. The summed E-state index contributed by atoms with van der Waals surface area (Å²) >= 11 is 0. The van der Waals surface area contributed by atoms with Gasteiger partial charge in [-0.25, -0.2) is 4.98 Å². The summed E-state index contributed by atoms with van der Waals surface area (Å²) in [4.78, 5) is 20.4. The van der Waals surface area contributed by atoms with E-state index in [0.29, 0.717) is 28.6 Å². The van der Waals surface area contributed by atoms with Crippen LogP contribution in [0.2, 0.25) is 0 Å². The lowest BCUT2D eigenvalue weighted by molar-refractivity contribution is -0.111. The van der Waals surface area contributed by atoms with Crippen LogP contribution in [0.4, 0.5) is 5.69 Å². The van der Waals surface area contributed by atoms with Crippen molar-refractivity contribution in [1.29, 1.82) is 0 Å². The van der Waals surface area contributed by atoms with Crippen LogP contribution in [-0.2, 0) is 4.79 Å². The van der Waals surface area contributed by atoms with Crippen molar-refractivity contribution in [3.63, 3.8) is 0 Å². The summed E-state index contributed by atoms with van der Waals surface area (Å²) in [5.74, 6) is 0.870. The molecule has 4 aromatic rings. The van der Waals surface area contributed by atoms with Crippen LogP contribution in [0.25, 0.3) is 28.8 Å². The normalized spacial score (nSPS) is 11.2. The first-order chi connectivity index (χ1) is 12.3. The van der Waals surface area contributed by atoms with Crippen molar-refractivity contribution in [3.8, 4) is 11.5 Å². The molecule has 1 N–H and O–H groups in total. The largest absolute Gasteiger partial charge is 0.465 e. The second-order valence-corrected chi connectivity index (χ2v) is 5.26. The first-order valence-electron chi connectivity index (χ1n) is 7.62. The van der Waals surface area contributed by atoms with Crippen molar-refractivity contribution in [1.82, 2.24) is 9.97 Å². The van der Waals surface area contributed by atoms with Gasteiger partial charge in [0.05, 0.1) is 6.26 Å². The number of carbonyl (C=O) groups is 1. The Hall–Kier alpha value is -3.67. The van der Waals surface area contributed by atoms with E-state index in [1.807, 2.05) is 18.2 Å². The molecule has 0 unspecified atom stereocenters. The molecule has 122 valence electrons. The quantitative estimate of drug-likeness (QED) is 0.569. The standard InChI is InChI=1S/C19H13N3O3/c23-17(10-9-15-3-2-12-24-15)21-14-7-5-13(6-8-14)19-22-18-16(25-19)4-1-11-20-18/h1-12H,(H,21,23)/b10-9-. The van der Waals surface area contributed by atoms with Crippen molar-refractivity contribution < 1.29 is 13.6 Å². The zero-order valence-corrected chi connectivity index (χ0v) is 13.0. The van der Waals surface area contributed by atoms with Gasteiger partial charge in [-0.3, -0.25) is 4.79 Å². The van der Waals surface area contributed by atoms with Gasteiger partial charge in [-0.2, -0.15) is 4.98 Å². The molecule has 1 aromatic carbocycles. The Balaban J connectivity index is 1.47. The third kappa shape index (κ3) is 3.32. The third-order valence-corrected chi connectivity index (χ3v) is 3.51. The highest BCUT2D eigenvalue weighted by atomic mass is 16.3. The summed E-state index contributed by atoms with van der Waals surface area (Å²) in [5.41, 5.74) is 2.69. The van der Waals surface area contributed by atoms with Crippen LogP contribution in [0, 0.1) is 0 Å². The molecule has 0 saturated carbocycles. The minimum Gasteiger partial charge on any atom is -0.465 e. The lowest BCUT2D eigenvalue weighted by Crippen LogP contribution is -2.07. The Kier molecular flexibility index (Phi) is 3.84. The number of benzene rings is 1. The molecule has 0 spiro atoms. The van der Waals surface area contributed by atoms with E-state index in [4.69, 9.17) is 8.83 Å². The number of amides is 1. The van der Waals surface area contributed by atoms with Crippen molar-refractivity contribution >= 4 is 28.9 Å². The van der Waals surface area contributed by atoms with E-state index in [1.165, 1.54) is 6.08 Å². The molecular formula is C19H13N3O3. The van der Waals surface area contributed by atoms with E-state index < -0.39 is 0 Å². The molecule has 6 nitrogen and oxygen atoms in total. The topological polar surface area (TPSA) is 81.2 Å². The Morgan fingerprint density at radius 2 is 1.96 bits per heavy atom. The number of furan rings is 1. The van der Waals surface area contributed by atoms with Crippen LogP contribution in [0.5, 0.6) is 0 Å². The molecule has 6 heteroatoms. The van der Waals surface area contributed by atoms with E-state index in [0.717, 1.165) is 5.56 Å². The highest BCUT2D eigenvalue weighted by molar-refractivity contribution is 6.01. The summed E-state index contributed by atoms with van der Waals surface area (Å²) in [5, 5.41) is 2.78. The average Bonchev–Trinajstić information content (AvgIpc) is 3.30.